The van der Waals surface area contributed by atoms with Crippen LogP contribution in [0.1, 0.15) is 17.0 Å². The van der Waals surface area contributed by atoms with E-state index in [1.807, 2.05) is 36.4 Å². The van der Waals surface area contributed by atoms with Crippen LogP contribution in [-0.4, -0.2) is 21.2 Å². The molecule has 0 aliphatic rings. The quantitative estimate of drug-likeness (QED) is 0.371. The molecule has 164 valence electrons. The van der Waals surface area contributed by atoms with E-state index in [1.54, 1.807) is 19.2 Å². The zero-order chi connectivity index (χ0) is 22.9. The molecule has 32 heavy (non-hydrogen) atoms. The van der Waals surface area contributed by atoms with Crippen LogP contribution in [0.4, 0.5) is 17.6 Å². The van der Waals surface area contributed by atoms with Gasteiger partial charge in [-0.25, -0.2) is 18.3 Å². The summed E-state index contributed by atoms with van der Waals surface area (Å²) in [6.07, 6.45) is -1.69. The first-order chi connectivity index (χ1) is 15.3. The van der Waals surface area contributed by atoms with Crippen LogP contribution in [0.5, 0.6) is 0 Å². The number of halogens is 4. The number of aromatic nitrogens is 2. The molecule has 0 spiro atoms. The predicted molar refractivity (Wildman–Crippen MR) is 117 cm³/mol. The van der Waals surface area contributed by atoms with Crippen molar-refractivity contribution in [3.8, 4) is 11.1 Å². The van der Waals surface area contributed by atoms with Crippen LogP contribution in [0.3, 0.4) is 0 Å². The van der Waals surface area contributed by atoms with Gasteiger partial charge >= 0.3 is 6.18 Å². The van der Waals surface area contributed by atoms with Gasteiger partial charge in [0.15, 0.2) is 0 Å². The van der Waals surface area contributed by atoms with E-state index in [9.17, 15) is 21.8 Å². The average molecular weight is 459 g/mol. The lowest BCUT2D eigenvalue weighted by molar-refractivity contribution is -0.140. The van der Waals surface area contributed by atoms with Crippen LogP contribution < -0.4 is 4.72 Å². The topological polar surface area (TPSA) is 57.8 Å². The molecule has 1 aromatic heterocycles. The number of H-pyrrole nitrogens is 1. The van der Waals surface area contributed by atoms with Crippen molar-refractivity contribution in [2.45, 2.75) is 11.1 Å². The highest BCUT2D eigenvalue weighted by Crippen LogP contribution is 2.32. The maximum absolute atomic E-state index is 13.8. The number of hydrogen-bond donors (Lipinski definition) is 2. The van der Waals surface area contributed by atoms with Crippen molar-refractivity contribution in [3.63, 3.8) is 0 Å². The Hall–Kier alpha value is -3.30. The molecule has 0 fully saturated rings. The molecule has 0 saturated carbocycles. The summed E-state index contributed by atoms with van der Waals surface area (Å²) in [5.41, 5.74) is 2.05. The summed E-state index contributed by atoms with van der Waals surface area (Å²) in [4.78, 5) is 8.20. The molecule has 0 saturated heterocycles. The lowest BCUT2D eigenvalue weighted by Crippen LogP contribution is -2.11. The fourth-order valence-electron chi connectivity index (χ4n) is 3.29. The summed E-state index contributed by atoms with van der Waals surface area (Å²) in [6, 6.07) is 15.6. The standard InChI is InChI=1S/C23H17F4N3OS/c1-28-32(31)21-5-3-2-4-16(21)15-8-10-19-20(13-15)30-22(29-19)11-7-14-6-9-17(18(24)12-14)23(25,26)27/h2-13,28H,1H3,(H,29,30)/b11-7+. The minimum Gasteiger partial charge on any atom is -0.338 e. The normalized spacial score (nSPS) is 13.2. The number of aromatic amines is 1. The van der Waals surface area contributed by atoms with Gasteiger partial charge in [0.25, 0.3) is 0 Å². The highest BCUT2D eigenvalue weighted by Gasteiger charge is 2.33. The molecule has 0 radical (unpaired) electrons. The van der Waals surface area contributed by atoms with Crippen molar-refractivity contribution in [3.05, 3.63) is 83.4 Å². The average Bonchev–Trinajstić information content (AvgIpc) is 3.18. The number of benzene rings is 3. The Morgan fingerprint density at radius 2 is 1.81 bits per heavy atom. The molecule has 1 atom stereocenters. The SMILES string of the molecule is CNS(=O)c1ccccc1-c1ccc2nc(/C=C/c3ccc(C(F)(F)F)c(F)c3)[nH]c2c1. The van der Waals surface area contributed by atoms with E-state index in [4.69, 9.17) is 0 Å². The monoisotopic (exact) mass is 459 g/mol. The zero-order valence-corrected chi connectivity index (χ0v) is 17.5. The van der Waals surface area contributed by atoms with Crippen molar-refractivity contribution in [2.24, 2.45) is 0 Å². The van der Waals surface area contributed by atoms with Crippen molar-refractivity contribution in [1.82, 2.24) is 14.7 Å². The van der Waals surface area contributed by atoms with Crippen molar-refractivity contribution in [2.75, 3.05) is 7.05 Å². The largest absolute Gasteiger partial charge is 0.419 e. The van der Waals surface area contributed by atoms with E-state index in [1.165, 1.54) is 12.1 Å². The van der Waals surface area contributed by atoms with Gasteiger partial charge in [-0.3, -0.25) is 0 Å². The first kappa shape index (κ1) is 21.9. The predicted octanol–water partition coefficient (Wildman–Crippen LogP) is 5.80. The fourth-order valence-corrected chi connectivity index (χ4v) is 4.10. The summed E-state index contributed by atoms with van der Waals surface area (Å²) in [6.45, 7) is 0. The molecule has 4 aromatic rings. The number of fused-ring (bicyclic) bond motifs is 1. The third-order valence-corrected chi connectivity index (χ3v) is 5.94. The van der Waals surface area contributed by atoms with Crippen LogP contribution in [0.2, 0.25) is 0 Å². The maximum atomic E-state index is 13.8. The molecule has 3 aromatic carbocycles. The minimum absolute atomic E-state index is 0.278. The third-order valence-electron chi connectivity index (χ3n) is 4.82. The lowest BCUT2D eigenvalue weighted by Gasteiger charge is -2.08. The molecule has 1 unspecified atom stereocenters. The van der Waals surface area contributed by atoms with Crippen LogP contribution in [0.25, 0.3) is 34.3 Å². The molecule has 4 nitrogen and oxygen atoms in total. The van der Waals surface area contributed by atoms with Gasteiger partial charge in [-0.15, -0.1) is 0 Å². The molecule has 0 bridgehead atoms. The van der Waals surface area contributed by atoms with Gasteiger partial charge in [0.05, 0.1) is 21.5 Å². The van der Waals surface area contributed by atoms with Crippen molar-refractivity contribution < 1.29 is 21.8 Å². The second-order valence-corrected chi connectivity index (χ2v) is 8.28. The van der Waals surface area contributed by atoms with Gasteiger partial charge in [0.2, 0.25) is 0 Å². The summed E-state index contributed by atoms with van der Waals surface area (Å²) in [5.74, 6) is -0.865. The number of nitrogens with one attached hydrogen (secondary N) is 2. The second kappa shape index (κ2) is 8.68. The highest BCUT2D eigenvalue weighted by molar-refractivity contribution is 7.83. The van der Waals surface area contributed by atoms with E-state index in [0.717, 1.165) is 22.7 Å². The highest BCUT2D eigenvalue weighted by atomic mass is 32.2. The van der Waals surface area contributed by atoms with Gasteiger partial charge in [-0.1, -0.05) is 36.4 Å². The number of alkyl halides is 3. The lowest BCUT2D eigenvalue weighted by atomic mass is 10.1. The van der Waals surface area contributed by atoms with Crippen LogP contribution in [0.15, 0.2) is 65.6 Å². The number of nitrogens with zero attached hydrogens (tertiary/aromatic N) is 1. The molecule has 9 heteroatoms. The Bertz CT molecular complexity index is 1340. The van der Waals surface area contributed by atoms with E-state index < -0.39 is 28.5 Å². The summed E-state index contributed by atoms with van der Waals surface area (Å²) < 4.78 is 66.9. The van der Waals surface area contributed by atoms with E-state index >= 15 is 0 Å². The van der Waals surface area contributed by atoms with Gasteiger partial charge in [-0.05, 0) is 60.1 Å². The number of imidazole rings is 1. The van der Waals surface area contributed by atoms with E-state index in [0.29, 0.717) is 22.3 Å². The first-order valence-corrected chi connectivity index (χ1v) is 10.6. The smallest absolute Gasteiger partial charge is 0.338 e. The Morgan fingerprint density at radius 1 is 1.03 bits per heavy atom. The number of rotatable bonds is 5. The van der Waals surface area contributed by atoms with Gasteiger partial charge in [0.1, 0.15) is 22.6 Å². The summed E-state index contributed by atoms with van der Waals surface area (Å²) >= 11 is 0. The van der Waals surface area contributed by atoms with Crippen LogP contribution in [-0.2, 0) is 17.2 Å². The van der Waals surface area contributed by atoms with Crippen LogP contribution >= 0.6 is 0 Å². The fraction of sp³-hybridized carbons (Fsp3) is 0.0870. The zero-order valence-electron chi connectivity index (χ0n) is 16.7. The number of hydrogen-bond acceptors (Lipinski definition) is 2. The molecular formula is C23H17F4N3OS. The second-order valence-electron chi connectivity index (χ2n) is 6.89. The summed E-state index contributed by atoms with van der Waals surface area (Å²) in [5, 5.41) is 0. The first-order valence-electron chi connectivity index (χ1n) is 9.49. The Morgan fingerprint density at radius 3 is 2.53 bits per heavy atom. The van der Waals surface area contributed by atoms with Crippen LogP contribution in [0, 0.1) is 5.82 Å². The molecule has 1 heterocycles. The van der Waals surface area contributed by atoms with E-state index in [2.05, 4.69) is 14.7 Å². The molecule has 0 aliphatic heterocycles. The van der Waals surface area contributed by atoms with E-state index in [-0.39, 0.29) is 5.56 Å². The molecule has 0 aliphatic carbocycles. The molecule has 0 amide bonds. The Balaban J connectivity index is 1.63. The van der Waals surface area contributed by atoms with Crippen molar-refractivity contribution in [1.29, 1.82) is 0 Å². The summed E-state index contributed by atoms with van der Waals surface area (Å²) in [7, 11) is 0.265. The molecule has 2 N–H and O–H groups in total. The molecular weight excluding hydrogens is 442 g/mol. The van der Waals surface area contributed by atoms with Gasteiger partial charge < -0.3 is 4.98 Å². The Labute approximate surface area is 183 Å². The van der Waals surface area contributed by atoms with Gasteiger partial charge in [0, 0.05) is 0 Å². The van der Waals surface area contributed by atoms with Crippen molar-refractivity contribution >= 4 is 34.2 Å². The van der Waals surface area contributed by atoms with Gasteiger partial charge in [-0.2, -0.15) is 13.2 Å². The third kappa shape index (κ3) is 4.49. The minimum atomic E-state index is -4.73. The Kier molecular flexibility index (Phi) is 5.94. The molecule has 4 rings (SSSR count). The maximum Gasteiger partial charge on any atom is 0.419 e.